The summed E-state index contributed by atoms with van der Waals surface area (Å²) in [7, 11) is 0. The van der Waals surface area contributed by atoms with Crippen LogP contribution in [0.5, 0.6) is 0 Å². The van der Waals surface area contributed by atoms with Crippen LogP contribution in [0.2, 0.25) is 0 Å². The Kier molecular flexibility index (Phi) is 4.75. The molecule has 5 nitrogen and oxygen atoms in total. The Bertz CT molecular complexity index is 1560. The molecule has 33 heavy (non-hydrogen) atoms. The van der Waals surface area contributed by atoms with Crippen molar-refractivity contribution in [3.63, 3.8) is 0 Å². The zero-order valence-corrected chi connectivity index (χ0v) is 19.5. The Hall–Kier alpha value is -4.04. The minimum absolute atomic E-state index is 0.0330. The zero-order chi connectivity index (χ0) is 23.3. The van der Waals surface area contributed by atoms with Gasteiger partial charge in [0.25, 0.3) is 0 Å². The van der Waals surface area contributed by atoms with Gasteiger partial charge in [-0.2, -0.15) is 5.26 Å². The van der Waals surface area contributed by atoms with Crippen LogP contribution in [0.15, 0.2) is 60.7 Å². The van der Waals surface area contributed by atoms with E-state index in [1.54, 1.807) is 0 Å². The molecule has 0 N–H and O–H groups in total. The van der Waals surface area contributed by atoms with Crippen LogP contribution in [0, 0.1) is 25.2 Å². The summed E-state index contributed by atoms with van der Waals surface area (Å²) in [4.78, 5) is 13.3. The predicted octanol–water partition coefficient (Wildman–Crippen LogP) is 6.42. The normalized spacial score (nSPS) is 11.8. The lowest BCUT2D eigenvalue weighted by Crippen LogP contribution is -2.10. The van der Waals surface area contributed by atoms with E-state index < -0.39 is 0 Å². The highest BCUT2D eigenvalue weighted by Crippen LogP contribution is 2.36. The van der Waals surface area contributed by atoms with E-state index in [-0.39, 0.29) is 5.41 Å². The smallest absolute Gasteiger partial charge is 0.164 e. The fourth-order valence-electron chi connectivity index (χ4n) is 4.41. The van der Waals surface area contributed by atoms with Gasteiger partial charge in [-0.1, -0.05) is 51.1 Å². The Morgan fingerprint density at radius 3 is 2.18 bits per heavy atom. The number of hydrogen-bond acceptors (Lipinski definition) is 4. The van der Waals surface area contributed by atoms with E-state index in [0.717, 1.165) is 16.7 Å². The maximum atomic E-state index is 9.78. The molecule has 0 fully saturated rings. The Balaban J connectivity index is 1.84. The molecule has 0 aliphatic heterocycles. The molecule has 0 saturated heterocycles. The Morgan fingerprint density at radius 2 is 1.48 bits per heavy atom. The van der Waals surface area contributed by atoms with E-state index in [4.69, 9.17) is 0 Å². The highest BCUT2D eigenvalue weighted by Gasteiger charge is 2.19. The lowest BCUT2D eigenvalue weighted by Gasteiger charge is -2.19. The van der Waals surface area contributed by atoms with Crippen LogP contribution < -0.4 is 0 Å². The van der Waals surface area contributed by atoms with Crippen molar-refractivity contribution in [1.82, 2.24) is 19.5 Å². The minimum atomic E-state index is 0.0330. The molecular formula is C28H25N5. The van der Waals surface area contributed by atoms with Gasteiger partial charge in [0.1, 0.15) is 11.6 Å². The quantitative estimate of drug-likeness (QED) is 0.323. The molecule has 0 amide bonds. The number of aryl methyl sites for hydroxylation is 2. The second kappa shape index (κ2) is 7.53. The highest BCUT2D eigenvalue weighted by atomic mass is 15.0. The van der Waals surface area contributed by atoms with E-state index in [1.165, 1.54) is 16.3 Å². The number of nitriles is 1. The van der Waals surface area contributed by atoms with Crippen molar-refractivity contribution in [2.45, 2.75) is 40.0 Å². The van der Waals surface area contributed by atoms with Gasteiger partial charge >= 0.3 is 0 Å². The first-order chi connectivity index (χ1) is 15.8. The fourth-order valence-corrected chi connectivity index (χ4v) is 4.41. The molecule has 0 saturated carbocycles. The number of rotatable bonds is 2. The molecule has 0 bridgehead atoms. The van der Waals surface area contributed by atoms with Crippen LogP contribution >= 0.6 is 0 Å². The molecule has 2 aromatic heterocycles. The van der Waals surface area contributed by atoms with Gasteiger partial charge in [0.2, 0.25) is 0 Å². The van der Waals surface area contributed by atoms with Crippen molar-refractivity contribution >= 4 is 21.8 Å². The van der Waals surface area contributed by atoms with Gasteiger partial charge in [0.05, 0.1) is 22.7 Å². The van der Waals surface area contributed by atoms with Crippen molar-refractivity contribution in [3.8, 4) is 23.1 Å². The van der Waals surface area contributed by atoms with Crippen molar-refractivity contribution in [3.05, 3.63) is 83.4 Å². The van der Waals surface area contributed by atoms with Crippen molar-refractivity contribution in [1.29, 1.82) is 5.26 Å². The van der Waals surface area contributed by atoms with Crippen LogP contribution in [-0.4, -0.2) is 19.5 Å². The molecule has 0 unspecified atom stereocenters. The van der Waals surface area contributed by atoms with Crippen LogP contribution in [0.25, 0.3) is 38.9 Å². The van der Waals surface area contributed by atoms with Crippen molar-refractivity contribution in [2.75, 3.05) is 0 Å². The summed E-state index contributed by atoms with van der Waals surface area (Å²) in [6.45, 7) is 10.4. The van der Waals surface area contributed by atoms with E-state index in [0.29, 0.717) is 28.6 Å². The lowest BCUT2D eigenvalue weighted by molar-refractivity contribution is 0.591. The molecule has 5 heteroatoms. The van der Waals surface area contributed by atoms with Gasteiger partial charge in [-0.05, 0) is 55.2 Å². The van der Waals surface area contributed by atoms with Crippen LogP contribution in [0.4, 0.5) is 0 Å². The lowest BCUT2D eigenvalue weighted by atomic mass is 9.86. The number of aromatic nitrogens is 4. The summed E-state index contributed by atoms with van der Waals surface area (Å²) in [6.07, 6.45) is 0. The monoisotopic (exact) mass is 431 g/mol. The van der Waals surface area contributed by atoms with Gasteiger partial charge < -0.3 is 4.57 Å². The second-order valence-electron chi connectivity index (χ2n) is 9.43. The number of hydrogen-bond donors (Lipinski definition) is 0. The number of fused-ring (bicyclic) bond motifs is 3. The maximum Gasteiger partial charge on any atom is 0.164 e. The van der Waals surface area contributed by atoms with Gasteiger partial charge in [-0.3, -0.25) is 0 Å². The van der Waals surface area contributed by atoms with Gasteiger partial charge in [0.15, 0.2) is 5.82 Å². The van der Waals surface area contributed by atoms with E-state index >= 15 is 0 Å². The summed E-state index contributed by atoms with van der Waals surface area (Å²) in [5.74, 6) is 1.80. The average Bonchev–Trinajstić information content (AvgIpc) is 3.11. The van der Waals surface area contributed by atoms with Gasteiger partial charge in [-0.25, -0.2) is 15.0 Å². The topological polar surface area (TPSA) is 67.4 Å². The molecule has 0 aliphatic carbocycles. The first kappa shape index (κ1) is 20.8. The summed E-state index contributed by atoms with van der Waals surface area (Å²) in [5, 5.41) is 12.2. The Labute approximate surface area is 193 Å². The van der Waals surface area contributed by atoms with E-state index in [1.807, 2.05) is 32.0 Å². The van der Waals surface area contributed by atoms with Gasteiger partial charge in [0, 0.05) is 22.0 Å². The van der Waals surface area contributed by atoms with E-state index in [2.05, 4.69) is 88.8 Å². The molecule has 0 radical (unpaired) electrons. The average molecular weight is 432 g/mol. The summed E-state index contributed by atoms with van der Waals surface area (Å²) < 4.78 is 2.27. The molecule has 162 valence electrons. The molecule has 5 aromatic rings. The third kappa shape index (κ3) is 3.54. The third-order valence-corrected chi connectivity index (χ3v) is 6.02. The predicted molar refractivity (Wildman–Crippen MR) is 132 cm³/mol. The maximum absolute atomic E-state index is 9.78. The first-order valence-corrected chi connectivity index (χ1v) is 11.0. The third-order valence-electron chi connectivity index (χ3n) is 6.02. The molecular weight excluding hydrogens is 406 g/mol. The minimum Gasteiger partial charge on any atom is -0.309 e. The molecule has 0 aliphatic rings. The molecule has 0 atom stereocenters. The largest absolute Gasteiger partial charge is 0.309 e. The molecule has 0 spiro atoms. The standard InChI is InChI=1S/C28H25N5/c1-17-30-18(2)32-27(31-17)24-15-21(12-10-19(24)16-29)33-25-9-7-6-8-22(25)23-13-11-20(14-26(23)33)28(3,4)5/h6-15H,1-5H3. The highest BCUT2D eigenvalue weighted by molar-refractivity contribution is 6.09. The van der Waals surface area contributed by atoms with Crippen LogP contribution in [-0.2, 0) is 5.41 Å². The molecule has 2 heterocycles. The van der Waals surface area contributed by atoms with Gasteiger partial charge in [-0.15, -0.1) is 0 Å². The fraction of sp³-hybridized carbons (Fsp3) is 0.214. The Morgan fingerprint density at radius 1 is 0.788 bits per heavy atom. The van der Waals surface area contributed by atoms with Crippen LogP contribution in [0.3, 0.4) is 0 Å². The molecule has 5 rings (SSSR count). The number of para-hydroxylation sites is 1. The SMILES string of the molecule is Cc1nc(C)nc(-c2cc(-n3c4ccccc4c4ccc(C(C)(C)C)cc43)ccc2C#N)n1. The number of benzene rings is 3. The van der Waals surface area contributed by atoms with Crippen molar-refractivity contribution in [2.24, 2.45) is 0 Å². The summed E-state index contributed by atoms with van der Waals surface area (Å²) in [5.41, 5.74) is 5.79. The zero-order valence-electron chi connectivity index (χ0n) is 19.5. The second-order valence-corrected chi connectivity index (χ2v) is 9.43. The first-order valence-electron chi connectivity index (χ1n) is 11.0. The number of nitrogens with zero attached hydrogens (tertiary/aromatic N) is 5. The van der Waals surface area contributed by atoms with Crippen LogP contribution in [0.1, 0.15) is 43.5 Å². The molecule has 3 aromatic carbocycles. The summed E-state index contributed by atoms with van der Waals surface area (Å²) in [6, 6.07) is 23.3. The summed E-state index contributed by atoms with van der Waals surface area (Å²) >= 11 is 0. The van der Waals surface area contributed by atoms with Crippen molar-refractivity contribution < 1.29 is 0 Å². The van der Waals surface area contributed by atoms with E-state index in [9.17, 15) is 5.26 Å².